The Labute approximate surface area is 82.4 Å². The van der Waals surface area contributed by atoms with Crippen molar-refractivity contribution < 1.29 is 14.3 Å². The van der Waals surface area contributed by atoms with Crippen molar-refractivity contribution in [1.29, 1.82) is 0 Å². The van der Waals surface area contributed by atoms with Crippen LogP contribution in [-0.2, 0) is 11.2 Å². The van der Waals surface area contributed by atoms with Crippen LogP contribution in [-0.4, -0.2) is 17.2 Å². The summed E-state index contributed by atoms with van der Waals surface area (Å²) in [4.78, 5) is 10.2. The Hall–Kier alpha value is -1.38. The fraction of sp³-hybridized carbons (Fsp3) is 0.364. The number of carbonyl (C=O) groups is 1. The molecule has 0 spiro atoms. The summed E-state index contributed by atoms with van der Waals surface area (Å²) in [6.07, 6.45) is -0.772. The Morgan fingerprint density at radius 3 is 2.57 bits per heavy atom. The van der Waals surface area contributed by atoms with E-state index in [-0.39, 0.29) is 6.42 Å². The molecular weight excluding hydrogens is 183 g/mol. The van der Waals surface area contributed by atoms with Crippen LogP contribution < -0.4 is 0 Å². The third-order valence-electron chi connectivity index (χ3n) is 1.99. The monoisotopic (exact) mass is 196 g/mol. The van der Waals surface area contributed by atoms with Gasteiger partial charge in [0.2, 0.25) is 0 Å². The molecule has 0 fully saturated rings. The number of alkyl halides is 1. The first-order chi connectivity index (χ1) is 6.68. The molecule has 0 aliphatic carbocycles. The number of hydrogen-bond acceptors (Lipinski definition) is 1. The van der Waals surface area contributed by atoms with Crippen LogP contribution in [0.1, 0.15) is 18.4 Å². The molecule has 1 rings (SSSR count). The van der Waals surface area contributed by atoms with E-state index in [1.54, 1.807) is 0 Å². The number of carboxylic acids is 1. The van der Waals surface area contributed by atoms with Crippen LogP contribution in [0.25, 0.3) is 0 Å². The van der Waals surface area contributed by atoms with Crippen LogP contribution >= 0.6 is 0 Å². The molecular formula is C11H13FO2. The second kappa shape index (κ2) is 5.37. The van der Waals surface area contributed by atoms with Gasteiger partial charge in [-0.3, -0.25) is 4.79 Å². The number of halogens is 1. The van der Waals surface area contributed by atoms with E-state index in [0.29, 0.717) is 6.42 Å². The number of rotatable bonds is 5. The molecule has 0 radical (unpaired) electrons. The summed E-state index contributed by atoms with van der Waals surface area (Å²) in [6.45, 7) is 0. The first kappa shape index (κ1) is 10.7. The maximum Gasteiger partial charge on any atom is 0.306 e. The van der Waals surface area contributed by atoms with Crippen molar-refractivity contribution in [2.24, 2.45) is 0 Å². The molecule has 1 aromatic carbocycles. The Balaban J connectivity index is 2.30. The van der Waals surface area contributed by atoms with Crippen molar-refractivity contribution in [3.05, 3.63) is 35.9 Å². The summed E-state index contributed by atoms with van der Waals surface area (Å²) in [7, 11) is 0. The zero-order valence-electron chi connectivity index (χ0n) is 7.82. The molecule has 0 aliphatic rings. The highest BCUT2D eigenvalue weighted by molar-refractivity contribution is 5.67. The number of benzene rings is 1. The molecule has 0 heterocycles. The smallest absolute Gasteiger partial charge is 0.306 e. The lowest BCUT2D eigenvalue weighted by atomic mass is 10.1. The largest absolute Gasteiger partial charge is 0.481 e. The van der Waals surface area contributed by atoms with Gasteiger partial charge in [0.05, 0.1) is 6.42 Å². The third kappa shape index (κ3) is 4.03. The number of aryl methyl sites for hydroxylation is 1. The van der Waals surface area contributed by atoms with E-state index in [1.807, 2.05) is 30.3 Å². The molecule has 3 heteroatoms. The second-order valence-electron chi connectivity index (χ2n) is 3.22. The van der Waals surface area contributed by atoms with E-state index in [1.165, 1.54) is 0 Å². The van der Waals surface area contributed by atoms with Crippen LogP contribution in [0.5, 0.6) is 0 Å². The standard InChI is InChI=1S/C11H13FO2/c12-10(8-11(13)14)7-6-9-4-2-1-3-5-9/h1-5,10H,6-8H2,(H,13,14). The van der Waals surface area contributed by atoms with Gasteiger partial charge in [0.1, 0.15) is 6.17 Å². The van der Waals surface area contributed by atoms with Crippen molar-refractivity contribution >= 4 is 5.97 Å². The van der Waals surface area contributed by atoms with Crippen LogP contribution in [0.3, 0.4) is 0 Å². The van der Waals surface area contributed by atoms with E-state index in [4.69, 9.17) is 5.11 Å². The molecule has 0 aromatic heterocycles. The average molecular weight is 196 g/mol. The van der Waals surface area contributed by atoms with Gasteiger partial charge >= 0.3 is 5.97 Å². The first-order valence-electron chi connectivity index (χ1n) is 4.58. The maximum atomic E-state index is 13.0. The molecule has 0 saturated heterocycles. The van der Waals surface area contributed by atoms with E-state index < -0.39 is 18.6 Å². The highest BCUT2D eigenvalue weighted by Gasteiger charge is 2.10. The van der Waals surface area contributed by atoms with Gasteiger partial charge < -0.3 is 5.11 Å². The fourth-order valence-electron chi connectivity index (χ4n) is 1.26. The van der Waals surface area contributed by atoms with Crippen molar-refractivity contribution in [2.75, 3.05) is 0 Å². The van der Waals surface area contributed by atoms with E-state index >= 15 is 0 Å². The summed E-state index contributed by atoms with van der Waals surface area (Å²) in [5.74, 6) is -1.08. The fourth-order valence-corrected chi connectivity index (χ4v) is 1.26. The van der Waals surface area contributed by atoms with E-state index in [2.05, 4.69) is 0 Å². The van der Waals surface area contributed by atoms with Gasteiger partial charge in [-0.2, -0.15) is 0 Å². The lowest BCUT2D eigenvalue weighted by Crippen LogP contribution is -2.09. The molecule has 1 N–H and O–H groups in total. The minimum absolute atomic E-state index is 0.274. The molecule has 0 amide bonds. The SMILES string of the molecule is O=C(O)CC(F)CCc1ccccc1. The first-order valence-corrected chi connectivity index (χ1v) is 4.58. The molecule has 1 aromatic rings. The van der Waals surface area contributed by atoms with Gasteiger partial charge in [0.25, 0.3) is 0 Å². The van der Waals surface area contributed by atoms with Gasteiger partial charge in [0.15, 0.2) is 0 Å². The summed E-state index contributed by atoms with van der Waals surface area (Å²) in [5.41, 5.74) is 1.04. The molecule has 2 nitrogen and oxygen atoms in total. The summed E-state index contributed by atoms with van der Waals surface area (Å²) in [5, 5.41) is 8.34. The summed E-state index contributed by atoms with van der Waals surface area (Å²) in [6, 6.07) is 9.49. The van der Waals surface area contributed by atoms with Gasteiger partial charge in [-0.25, -0.2) is 4.39 Å². The number of carboxylic acid groups (broad SMARTS) is 1. The Morgan fingerprint density at radius 2 is 2.00 bits per heavy atom. The van der Waals surface area contributed by atoms with Crippen molar-refractivity contribution in [2.45, 2.75) is 25.4 Å². The van der Waals surface area contributed by atoms with Crippen LogP contribution in [0.2, 0.25) is 0 Å². The highest BCUT2D eigenvalue weighted by atomic mass is 19.1. The van der Waals surface area contributed by atoms with Crippen molar-refractivity contribution in [3.63, 3.8) is 0 Å². The Kier molecular flexibility index (Phi) is 4.11. The highest BCUT2D eigenvalue weighted by Crippen LogP contribution is 2.09. The number of aliphatic carboxylic acids is 1. The van der Waals surface area contributed by atoms with Crippen LogP contribution in [0, 0.1) is 0 Å². The third-order valence-corrected chi connectivity index (χ3v) is 1.99. The average Bonchev–Trinajstić information content (AvgIpc) is 2.15. The Morgan fingerprint density at radius 1 is 1.36 bits per heavy atom. The predicted octanol–water partition coefficient (Wildman–Crippen LogP) is 2.43. The zero-order valence-corrected chi connectivity index (χ0v) is 7.82. The molecule has 76 valence electrons. The number of hydrogen-bond donors (Lipinski definition) is 1. The Bertz CT molecular complexity index is 285. The normalized spacial score (nSPS) is 12.4. The van der Waals surface area contributed by atoms with E-state index in [0.717, 1.165) is 5.56 Å². The summed E-state index contributed by atoms with van der Waals surface area (Å²) < 4.78 is 13.0. The van der Waals surface area contributed by atoms with Crippen LogP contribution in [0.15, 0.2) is 30.3 Å². The molecule has 0 saturated carbocycles. The van der Waals surface area contributed by atoms with Crippen LogP contribution in [0.4, 0.5) is 4.39 Å². The molecule has 0 bridgehead atoms. The molecule has 1 atom stereocenters. The lowest BCUT2D eigenvalue weighted by molar-refractivity contribution is -0.138. The van der Waals surface area contributed by atoms with E-state index in [9.17, 15) is 9.18 Å². The van der Waals surface area contributed by atoms with Gasteiger partial charge in [-0.1, -0.05) is 30.3 Å². The maximum absolute atomic E-state index is 13.0. The van der Waals surface area contributed by atoms with Crippen molar-refractivity contribution in [3.8, 4) is 0 Å². The molecule has 14 heavy (non-hydrogen) atoms. The topological polar surface area (TPSA) is 37.3 Å². The minimum atomic E-state index is -1.24. The molecule has 0 aliphatic heterocycles. The van der Waals surface area contributed by atoms with Gasteiger partial charge in [0, 0.05) is 0 Å². The quantitative estimate of drug-likeness (QED) is 0.785. The predicted molar refractivity (Wildman–Crippen MR) is 51.9 cm³/mol. The lowest BCUT2D eigenvalue weighted by Gasteiger charge is -2.04. The minimum Gasteiger partial charge on any atom is -0.481 e. The zero-order chi connectivity index (χ0) is 10.4. The molecule has 1 unspecified atom stereocenters. The van der Waals surface area contributed by atoms with Crippen molar-refractivity contribution in [1.82, 2.24) is 0 Å². The van der Waals surface area contributed by atoms with Gasteiger partial charge in [-0.05, 0) is 18.4 Å². The summed E-state index contributed by atoms with van der Waals surface area (Å²) >= 11 is 0. The second-order valence-corrected chi connectivity index (χ2v) is 3.22. The van der Waals surface area contributed by atoms with Gasteiger partial charge in [-0.15, -0.1) is 0 Å².